The average Bonchev–Trinajstić information content (AvgIpc) is 2.46. The zero-order valence-corrected chi connectivity index (χ0v) is 12.2. The normalized spacial score (nSPS) is 10.4. The van der Waals surface area contributed by atoms with Crippen LogP contribution >= 0.6 is 0 Å². The van der Waals surface area contributed by atoms with Crippen molar-refractivity contribution >= 4 is 11.9 Å². The van der Waals surface area contributed by atoms with Gasteiger partial charge in [-0.15, -0.1) is 0 Å². The molecule has 0 fully saturated rings. The topological polar surface area (TPSA) is 55.8 Å². The Bertz CT molecular complexity index is 431. The van der Waals surface area contributed by atoms with Crippen LogP contribution in [0.2, 0.25) is 0 Å². The maximum absolute atomic E-state index is 12.2. The van der Waals surface area contributed by atoms with Gasteiger partial charge in [0.05, 0.1) is 12.5 Å². The molecule has 0 saturated carbocycles. The summed E-state index contributed by atoms with van der Waals surface area (Å²) in [5.41, 5.74) is 0.403. The Balaban J connectivity index is 2.75. The SMILES string of the molecule is CCCCON(OC(=O)C(C)C)C(=O)c1ccccc1. The van der Waals surface area contributed by atoms with E-state index in [4.69, 9.17) is 9.68 Å². The number of carbonyl (C=O) groups excluding carboxylic acids is 2. The van der Waals surface area contributed by atoms with E-state index >= 15 is 0 Å². The van der Waals surface area contributed by atoms with Crippen LogP contribution in [0, 0.1) is 5.92 Å². The van der Waals surface area contributed by atoms with Crippen LogP contribution in [0.15, 0.2) is 30.3 Å². The summed E-state index contributed by atoms with van der Waals surface area (Å²) < 4.78 is 0. The summed E-state index contributed by atoms with van der Waals surface area (Å²) in [6.45, 7) is 5.71. The molecule has 0 spiro atoms. The molecule has 110 valence electrons. The van der Waals surface area contributed by atoms with Crippen LogP contribution in [-0.4, -0.2) is 23.7 Å². The monoisotopic (exact) mass is 279 g/mol. The smallest absolute Gasteiger partial charge is 0.311 e. The maximum Gasteiger partial charge on any atom is 0.338 e. The number of benzene rings is 1. The molecule has 0 N–H and O–H groups in total. The Morgan fingerprint density at radius 3 is 2.40 bits per heavy atom. The summed E-state index contributed by atoms with van der Waals surface area (Å²) in [6, 6.07) is 8.56. The number of rotatable bonds is 6. The molecular formula is C15H21NO4. The van der Waals surface area contributed by atoms with Gasteiger partial charge in [-0.25, -0.2) is 9.63 Å². The lowest BCUT2D eigenvalue weighted by molar-refractivity contribution is -0.309. The molecule has 1 aromatic carbocycles. The molecule has 0 atom stereocenters. The summed E-state index contributed by atoms with van der Waals surface area (Å²) in [5, 5.41) is 0.688. The van der Waals surface area contributed by atoms with Crippen LogP contribution in [-0.2, 0) is 14.5 Å². The zero-order valence-electron chi connectivity index (χ0n) is 12.2. The molecule has 1 rings (SSSR count). The first-order valence-corrected chi connectivity index (χ1v) is 6.80. The molecule has 0 saturated heterocycles. The van der Waals surface area contributed by atoms with Crippen LogP contribution in [0.3, 0.4) is 0 Å². The van der Waals surface area contributed by atoms with Crippen molar-refractivity contribution in [2.24, 2.45) is 5.92 Å². The van der Waals surface area contributed by atoms with Gasteiger partial charge in [-0.05, 0) is 23.8 Å². The van der Waals surface area contributed by atoms with Gasteiger partial charge < -0.3 is 4.84 Å². The first-order chi connectivity index (χ1) is 9.56. The lowest BCUT2D eigenvalue weighted by Crippen LogP contribution is -2.35. The van der Waals surface area contributed by atoms with E-state index in [1.807, 2.05) is 6.92 Å². The van der Waals surface area contributed by atoms with Crippen LogP contribution < -0.4 is 0 Å². The zero-order chi connectivity index (χ0) is 15.0. The predicted molar refractivity (Wildman–Crippen MR) is 74.4 cm³/mol. The summed E-state index contributed by atoms with van der Waals surface area (Å²) in [7, 11) is 0. The molecule has 0 aliphatic carbocycles. The van der Waals surface area contributed by atoms with Crippen molar-refractivity contribution in [3.05, 3.63) is 35.9 Å². The predicted octanol–water partition coefficient (Wildman–Crippen LogP) is 2.97. The van der Waals surface area contributed by atoms with E-state index in [1.165, 1.54) is 0 Å². The first-order valence-electron chi connectivity index (χ1n) is 6.80. The number of hydrogen-bond acceptors (Lipinski definition) is 4. The lowest BCUT2D eigenvalue weighted by atomic mass is 10.2. The average molecular weight is 279 g/mol. The number of hydrogen-bond donors (Lipinski definition) is 0. The lowest BCUT2D eigenvalue weighted by Gasteiger charge is -2.20. The minimum absolute atomic E-state index is 0.320. The quantitative estimate of drug-likeness (QED) is 0.593. The molecule has 5 nitrogen and oxygen atoms in total. The summed E-state index contributed by atoms with van der Waals surface area (Å²) >= 11 is 0. The van der Waals surface area contributed by atoms with Gasteiger partial charge in [-0.1, -0.05) is 45.4 Å². The van der Waals surface area contributed by atoms with Crippen molar-refractivity contribution in [2.75, 3.05) is 6.61 Å². The Kier molecular flexibility index (Phi) is 6.73. The van der Waals surface area contributed by atoms with E-state index in [-0.39, 0.29) is 5.92 Å². The fraction of sp³-hybridized carbons (Fsp3) is 0.467. The fourth-order valence-electron chi connectivity index (χ4n) is 1.29. The van der Waals surface area contributed by atoms with Gasteiger partial charge in [0, 0.05) is 5.56 Å². The van der Waals surface area contributed by atoms with Gasteiger partial charge >= 0.3 is 11.9 Å². The van der Waals surface area contributed by atoms with Gasteiger partial charge in [0.1, 0.15) is 0 Å². The highest BCUT2D eigenvalue weighted by molar-refractivity contribution is 5.93. The molecule has 0 aliphatic heterocycles. The molecule has 0 aliphatic rings. The molecule has 0 aromatic heterocycles. The first kappa shape index (κ1) is 16.2. The largest absolute Gasteiger partial charge is 0.338 e. The van der Waals surface area contributed by atoms with Crippen molar-refractivity contribution < 1.29 is 19.3 Å². The van der Waals surface area contributed by atoms with Crippen LogP contribution in [0.4, 0.5) is 0 Å². The summed E-state index contributed by atoms with van der Waals surface area (Å²) in [5.74, 6) is -1.34. The van der Waals surface area contributed by atoms with Crippen molar-refractivity contribution in [1.82, 2.24) is 5.23 Å². The van der Waals surface area contributed by atoms with E-state index in [0.29, 0.717) is 17.4 Å². The molecule has 0 radical (unpaired) electrons. The number of amides is 1. The van der Waals surface area contributed by atoms with Crippen molar-refractivity contribution in [3.8, 4) is 0 Å². The maximum atomic E-state index is 12.2. The molecular weight excluding hydrogens is 258 g/mol. The van der Waals surface area contributed by atoms with E-state index in [9.17, 15) is 9.59 Å². The molecule has 5 heteroatoms. The summed E-state index contributed by atoms with van der Waals surface area (Å²) in [6.07, 6.45) is 1.70. The molecule has 0 unspecified atom stereocenters. The van der Waals surface area contributed by atoms with Crippen LogP contribution in [0.1, 0.15) is 44.0 Å². The number of unbranched alkanes of at least 4 members (excludes halogenated alkanes) is 1. The summed E-state index contributed by atoms with van der Waals surface area (Å²) in [4.78, 5) is 34.1. The molecule has 20 heavy (non-hydrogen) atoms. The second-order valence-corrected chi connectivity index (χ2v) is 4.68. The Morgan fingerprint density at radius 2 is 1.85 bits per heavy atom. The minimum atomic E-state index is -0.509. The third-order valence-electron chi connectivity index (χ3n) is 2.54. The highest BCUT2D eigenvalue weighted by atomic mass is 17.0. The van der Waals surface area contributed by atoms with E-state index < -0.39 is 11.9 Å². The number of carbonyl (C=O) groups is 2. The Hall–Kier alpha value is -1.88. The molecule has 0 bridgehead atoms. The molecule has 0 heterocycles. The second kappa shape index (κ2) is 8.32. The Morgan fingerprint density at radius 1 is 1.20 bits per heavy atom. The van der Waals surface area contributed by atoms with E-state index in [0.717, 1.165) is 12.8 Å². The molecule has 1 amide bonds. The van der Waals surface area contributed by atoms with Crippen molar-refractivity contribution in [3.63, 3.8) is 0 Å². The van der Waals surface area contributed by atoms with Crippen molar-refractivity contribution in [2.45, 2.75) is 33.6 Å². The van der Waals surface area contributed by atoms with Gasteiger partial charge in [-0.3, -0.25) is 4.79 Å². The highest BCUT2D eigenvalue weighted by Gasteiger charge is 2.23. The fourth-order valence-corrected chi connectivity index (χ4v) is 1.29. The van der Waals surface area contributed by atoms with Gasteiger partial charge in [0.2, 0.25) is 0 Å². The van der Waals surface area contributed by atoms with E-state index in [2.05, 4.69) is 0 Å². The standard InChI is InChI=1S/C15H21NO4/c1-4-5-11-19-16(20-15(18)12(2)3)14(17)13-9-7-6-8-10-13/h6-10,12H,4-5,11H2,1-3H3. The van der Waals surface area contributed by atoms with Gasteiger partial charge in [0.15, 0.2) is 0 Å². The third kappa shape index (κ3) is 5.01. The minimum Gasteiger partial charge on any atom is -0.311 e. The molecule has 1 aromatic rings. The van der Waals surface area contributed by atoms with Crippen molar-refractivity contribution in [1.29, 1.82) is 0 Å². The van der Waals surface area contributed by atoms with Gasteiger partial charge in [0.25, 0.3) is 0 Å². The van der Waals surface area contributed by atoms with Gasteiger partial charge in [-0.2, -0.15) is 0 Å². The third-order valence-corrected chi connectivity index (χ3v) is 2.54. The van der Waals surface area contributed by atoms with E-state index in [1.54, 1.807) is 44.2 Å². The highest BCUT2D eigenvalue weighted by Crippen LogP contribution is 2.09. The Labute approximate surface area is 119 Å². The number of nitrogens with zero attached hydrogens (tertiary/aromatic N) is 1. The number of hydroxylamine groups is 2. The van der Waals surface area contributed by atoms with Crippen LogP contribution in [0.25, 0.3) is 0 Å². The van der Waals surface area contributed by atoms with Crippen LogP contribution in [0.5, 0.6) is 0 Å². The second-order valence-electron chi connectivity index (χ2n) is 4.68.